The lowest BCUT2D eigenvalue weighted by atomic mass is 10.3. The molecule has 0 bridgehead atoms. The van der Waals surface area contributed by atoms with Gasteiger partial charge in [0.2, 0.25) is 11.0 Å². The summed E-state index contributed by atoms with van der Waals surface area (Å²) in [5.41, 5.74) is 0.485. The Morgan fingerprint density at radius 2 is 1.96 bits per heavy atom. The molecule has 0 fully saturated rings. The fraction of sp³-hybridized carbons (Fsp3) is 0.200. The van der Waals surface area contributed by atoms with Crippen molar-refractivity contribution >= 4 is 45.9 Å². The second-order valence-electron chi connectivity index (χ2n) is 4.91. The highest BCUT2D eigenvalue weighted by Crippen LogP contribution is 2.29. The van der Waals surface area contributed by atoms with Crippen LogP contribution >= 0.6 is 23.1 Å². The van der Waals surface area contributed by atoms with Crippen LogP contribution in [0.15, 0.2) is 41.3 Å². The fourth-order valence-corrected chi connectivity index (χ4v) is 3.25. The minimum Gasteiger partial charge on any atom is -0.406 e. The summed E-state index contributed by atoms with van der Waals surface area (Å²) >= 11 is 2.22. The van der Waals surface area contributed by atoms with E-state index in [0.717, 1.165) is 35.2 Å². The lowest BCUT2D eigenvalue weighted by Crippen LogP contribution is -2.40. The molecule has 0 spiro atoms. The molecule has 150 valence electrons. The molecule has 0 radical (unpaired) electrons. The number of aromatic nitrogens is 2. The molecule has 0 aliphatic rings. The van der Waals surface area contributed by atoms with Crippen molar-refractivity contribution in [1.82, 2.24) is 20.8 Å². The number of carbonyl (C=O) groups is 2. The van der Waals surface area contributed by atoms with E-state index in [9.17, 15) is 22.8 Å². The number of amides is 3. The van der Waals surface area contributed by atoms with Gasteiger partial charge in [0.25, 0.3) is 0 Å². The van der Waals surface area contributed by atoms with E-state index in [1.54, 1.807) is 0 Å². The molecule has 1 aromatic carbocycles. The van der Waals surface area contributed by atoms with Crippen LogP contribution in [0, 0.1) is 0 Å². The van der Waals surface area contributed by atoms with E-state index in [1.165, 1.54) is 18.2 Å². The highest BCUT2D eigenvalue weighted by molar-refractivity contribution is 8.01. The molecule has 13 heteroatoms. The SMILES string of the molecule is C=CCNC(=O)NC(=O)CSc1nnc(Nc2ccc(OC(F)(F)F)cc2)s1. The third-order valence-electron chi connectivity index (χ3n) is 2.73. The van der Waals surface area contributed by atoms with Crippen LogP contribution < -0.4 is 20.7 Å². The monoisotopic (exact) mass is 433 g/mol. The summed E-state index contributed by atoms with van der Waals surface area (Å²) in [4.78, 5) is 23.0. The van der Waals surface area contributed by atoms with E-state index in [4.69, 9.17) is 0 Å². The molecule has 2 aromatic rings. The standard InChI is InChI=1S/C15H14F3N5O3S2/c1-2-7-19-12(25)21-11(24)8-27-14-23-22-13(28-14)20-9-3-5-10(6-4-9)26-15(16,17)18/h2-6H,1,7-8H2,(H,20,22)(H2,19,21,24,25). The molecule has 0 aliphatic carbocycles. The Hall–Kier alpha value is -2.80. The van der Waals surface area contributed by atoms with Crippen LogP contribution in [0.1, 0.15) is 0 Å². The van der Waals surface area contributed by atoms with E-state index >= 15 is 0 Å². The van der Waals surface area contributed by atoms with Crippen molar-refractivity contribution in [3.8, 4) is 5.75 Å². The Bertz CT molecular complexity index is 827. The first-order chi connectivity index (χ1) is 13.2. The molecule has 0 saturated heterocycles. The van der Waals surface area contributed by atoms with Crippen molar-refractivity contribution in [1.29, 1.82) is 0 Å². The first-order valence-electron chi connectivity index (χ1n) is 7.53. The van der Waals surface area contributed by atoms with Crippen LogP contribution in [0.3, 0.4) is 0 Å². The summed E-state index contributed by atoms with van der Waals surface area (Å²) in [5, 5.41) is 15.6. The van der Waals surface area contributed by atoms with Gasteiger partial charge in [-0.25, -0.2) is 4.79 Å². The summed E-state index contributed by atoms with van der Waals surface area (Å²) in [7, 11) is 0. The quantitative estimate of drug-likeness (QED) is 0.433. The molecular formula is C15H14F3N5O3S2. The number of hydrogen-bond acceptors (Lipinski definition) is 8. The largest absolute Gasteiger partial charge is 0.573 e. The third kappa shape index (κ3) is 7.84. The lowest BCUT2D eigenvalue weighted by Gasteiger charge is -2.09. The van der Waals surface area contributed by atoms with Gasteiger partial charge >= 0.3 is 12.4 Å². The Morgan fingerprint density at radius 3 is 2.61 bits per heavy atom. The Kier molecular flexibility index (Phi) is 7.63. The predicted octanol–water partition coefficient (Wildman–Crippen LogP) is 3.28. The fourth-order valence-electron chi connectivity index (χ4n) is 1.68. The minimum atomic E-state index is -4.75. The summed E-state index contributed by atoms with van der Waals surface area (Å²) in [6.07, 6.45) is -3.27. The number of ether oxygens (including phenoxy) is 1. The first kappa shape index (κ1) is 21.5. The maximum absolute atomic E-state index is 12.1. The van der Waals surface area contributed by atoms with E-state index < -0.39 is 18.3 Å². The normalized spacial score (nSPS) is 10.8. The van der Waals surface area contributed by atoms with Crippen LogP contribution in [-0.4, -0.2) is 40.8 Å². The average molecular weight is 433 g/mol. The minimum absolute atomic E-state index is 0.0420. The second kappa shape index (κ2) is 9.94. The van der Waals surface area contributed by atoms with Gasteiger partial charge in [0, 0.05) is 12.2 Å². The van der Waals surface area contributed by atoms with Gasteiger partial charge in [-0.15, -0.1) is 29.9 Å². The predicted molar refractivity (Wildman–Crippen MR) is 98.8 cm³/mol. The van der Waals surface area contributed by atoms with Gasteiger partial charge in [0.15, 0.2) is 4.34 Å². The molecule has 1 heterocycles. The number of thioether (sulfide) groups is 1. The van der Waals surface area contributed by atoms with Gasteiger partial charge in [-0.1, -0.05) is 29.2 Å². The van der Waals surface area contributed by atoms with Gasteiger partial charge in [0.1, 0.15) is 5.75 Å². The number of benzene rings is 1. The summed E-state index contributed by atoms with van der Waals surface area (Å²) in [5.74, 6) is -0.884. The van der Waals surface area contributed by atoms with Gasteiger partial charge in [0.05, 0.1) is 5.75 Å². The van der Waals surface area contributed by atoms with Crippen LogP contribution in [0.4, 0.5) is 28.8 Å². The van der Waals surface area contributed by atoms with E-state index in [-0.39, 0.29) is 18.0 Å². The number of carbonyl (C=O) groups excluding carboxylic acids is 2. The topological polar surface area (TPSA) is 105 Å². The lowest BCUT2D eigenvalue weighted by molar-refractivity contribution is -0.274. The molecular weight excluding hydrogens is 419 g/mol. The van der Waals surface area contributed by atoms with Crippen molar-refractivity contribution in [3.63, 3.8) is 0 Å². The van der Waals surface area contributed by atoms with Crippen molar-refractivity contribution in [3.05, 3.63) is 36.9 Å². The summed E-state index contributed by atoms with van der Waals surface area (Å²) < 4.78 is 40.7. The number of nitrogens with zero attached hydrogens (tertiary/aromatic N) is 2. The smallest absolute Gasteiger partial charge is 0.406 e. The number of hydrogen-bond donors (Lipinski definition) is 3. The van der Waals surface area contributed by atoms with Gasteiger partial charge in [-0.3, -0.25) is 10.1 Å². The zero-order chi connectivity index (χ0) is 20.6. The van der Waals surface area contributed by atoms with Crippen molar-refractivity contribution in [2.24, 2.45) is 0 Å². The maximum atomic E-state index is 12.1. The third-order valence-corrected chi connectivity index (χ3v) is 4.70. The van der Waals surface area contributed by atoms with Gasteiger partial charge < -0.3 is 15.4 Å². The maximum Gasteiger partial charge on any atom is 0.573 e. The highest BCUT2D eigenvalue weighted by Gasteiger charge is 2.30. The Labute approximate surface area is 165 Å². The molecule has 0 unspecified atom stereocenters. The summed E-state index contributed by atoms with van der Waals surface area (Å²) in [6, 6.07) is 4.49. The summed E-state index contributed by atoms with van der Waals surface area (Å²) in [6.45, 7) is 3.67. The van der Waals surface area contributed by atoms with Crippen LogP contribution in [0.25, 0.3) is 0 Å². The molecule has 8 nitrogen and oxygen atoms in total. The van der Waals surface area contributed by atoms with Crippen molar-refractivity contribution in [2.45, 2.75) is 10.7 Å². The number of halogens is 3. The zero-order valence-electron chi connectivity index (χ0n) is 14.1. The molecule has 2 rings (SSSR count). The second-order valence-corrected chi connectivity index (χ2v) is 7.11. The van der Waals surface area contributed by atoms with Gasteiger partial charge in [-0.05, 0) is 24.3 Å². The Balaban J connectivity index is 1.81. The van der Waals surface area contributed by atoms with E-state index in [0.29, 0.717) is 15.2 Å². The number of rotatable bonds is 8. The molecule has 0 atom stereocenters. The molecule has 28 heavy (non-hydrogen) atoms. The van der Waals surface area contributed by atoms with Crippen molar-refractivity contribution < 1.29 is 27.5 Å². The number of nitrogens with one attached hydrogen (secondary N) is 3. The molecule has 1 aromatic heterocycles. The number of anilines is 2. The molecule has 0 aliphatic heterocycles. The van der Waals surface area contributed by atoms with E-state index in [2.05, 4.69) is 37.5 Å². The molecule has 3 amide bonds. The number of alkyl halides is 3. The first-order valence-corrected chi connectivity index (χ1v) is 9.33. The van der Waals surface area contributed by atoms with Crippen LogP contribution in [0.5, 0.6) is 5.75 Å². The van der Waals surface area contributed by atoms with Crippen LogP contribution in [-0.2, 0) is 4.79 Å². The number of urea groups is 1. The van der Waals surface area contributed by atoms with Crippen LogP contribution in [0.2, 0.25) is 0 Å². The van der Waals surface area contributed by atoms with Gasteiger partial charge in [-0.2, -0.15) is 0 Å². The Morgan fingerprint density at radius 1 is 1.25 bits per heavy atom. The molecule has 3 N–H and O–H groups in total. The zero-order valence-corrected chi connectivity index (χ0v) is 15.7. The average Bonchev–Trinajstić information content (AvgIpc) is 3.06. The highest BCUT2D eigenvalue weighted by atomic mass is 32.2. The molecule has 0 saturated carbocycles. The number of imide groups is 1. The van der Waals surface area contributed by atoms with E-state index in [1.807, 2.05) is 0 Å². The van der Waals surface area contributed by atoms with Crippen molar-refractivity contribution in [2.75, 3.05) is 17.6 Å².